The molecule has 0 aliphatic carbocycles. The number of fused-ring (bicyclic) bond motifs is 1. The largest absolute Gasteiger partial charge is 0.457 e. The van der Waals surface area contributed by atoms with Gasteiger partial charge in [-0.05, 0) is 30.5 Å². The predicted octanol–water partition coefficient (Wildman–Crippen LogP) is 1.90. The summed E-state index contributed by atoms with van der Waals surface area (Å²) in [5.41, 5.74) is 5.15. The molecule has 0 radical (unpaired) electrons. The molecule has 9 nitrogen and oxygen atoms in total. The maximum absolute atomic E-state index is 11.7. The molecule has 158 valence electrons. The van der Waals surface area contributed by atoms with Crippen LogP contribution in [-0.2, 0) is 24.3 Å². The molecule has 3 heterocycles. The molecule has 1 aliphatic rings. The molecule has 2 N–H and O–H groups in total. The van der Waals surface area contributed by atoms with E-state index in [1.54, 1.807) is 30.7 Å². The quantitative estimate of drug-likeness (QED) is 0.557. The Morgan fingerprint density at radius 3 is 2.81 bits per heavy atom. The Hall–Kier alpha value is -3.61. The topological polar surface area (TPSA) is 126 Å². The van der Waals surface area contributed by atoms with E-state index >= 15 is 0 Å². The van der Waals surface area contributed by atoms with E-state index in [-0.39, 0.29) is 12.6 Å². The van der Waals surface area contributed by atoms with Crippen LogP contribution in [0.1, 0.15) is 56.9 Å². The predicted molar refractivity (Wildman–Crippen MR) is 110 cm³/mol. The molecule has 0 spiro atoms. The van der Waals surface area contributed by atoms with Crippen LogP contribution in [0.3, 0.4) is 0 Å². The highest BCUT2D eigenvalue weighted by atomic mass is 16.5. The molecule has 0 fully saturated rings. The molecule has 2 aromatic heterocycles. The number of hydrogen-bond acceptors (Lipinski definition) is 8. The molecular formula is C22H22N6O3. The lowest BCUT2D eigenvalue weighted by atomic mass is 9.95. The molecule has 31 heavy (non-hydrogen) atoms. The molecule has 0 saturated heterocycles. The van der Waals surface area contributed by atoms with Crippen LogP contribution >= 0.6 is 0 Å². The standard InChI is InChI=1S/C22H22N6O3/c1-3-19-15(6-23)11-28(27-19)22-25-8-14(9-26-22)7-24-10-20(29)16-4-5-17-18(13(16)2)12-31-21(17)30/h4-5,8-9,11,20,24,29H,3,7,10,12H2,1-2H3/t20-/m0/s1. The van der Waals surface area contributed by atoms with E-state index in [0.717, 1.165) is 22.3 Å². The van der Waals surface area contributed by atoms with Gasteiger partial charge in [0.2, 0.25) is 5.95 Å². The Kier molecular flexibility index (Phi) is 5.75. The fraction of sp³-hybridized carbons (Fsp3) is 0.318. The highest BCUT2D eigenvalue weighted by Gasteiger charge is 2.25. The summed E-state index contributed by atoms with van der Waals surface area (Å²) in [4.78, 5) is 20.3. The minimum atomic E-state index is -0.720. The van der Waals surface area contributed by atoms with Gasteiger partial charge in [0, 0.05) is 36.6 Å². The van der Waals surface area contributed by atoms with E-state index in [9.17, 15) is 9.90 Å². The number of benzene rings is 1. The minimum absolute atomic E-state index is 0.254. The van der Waals surface area contributed by atoms with Gasteiger partial charge in [-0.3, -0.25) is 0 Å². The van der Waals surface area contributed by atoms with Crippen molar-refractivity contribution in [3.05, 3.63) is 69.8 Å². The highest BCUT2D eigenvalue weighted by molar-refractivity contribution is 5.93. The number of carbonyl (C=O) groups excluding carboxylic acids is 1. The van der Waals surface area contributed by atoms with Crippen molar-refractivity contribution in [1.29, 1.82) is 5.26 Å². The number of carbonyl (C=O) groups is 1. The van der Waals surface area contributed by atoms with Crippen LogP contribution in [0.2, 0.25) is 0 Å². The number of nitrogens with zero attached hydrogens (tertiary/aromatic N) is 5. The van der Waals surface area contributed by atoms with Crippen LogP contribution < -0.4 is 5.32 Å². The van der Waals surface area contributed by atoms with Crippen LogP contribution in [0.4, 0.5) is 0 Å². The average Bonchev–Trinajstić information content (AvgIpc) is 3.38. The molecule has 0 saturated carbocycles. The first-order valence-corrected chi connectivity index (χ1v) is 10.00. The van der Waals surface area contributed by atoms with Crippen molar-refractivity contribution in [2.75, 3.05) is 6.54 Å². The highest BCUT2D eigenvalue weighted by Crippen LogP contribution is 2.28. The normalized spacial score (nSPS) is 13.5. The first-order valence-electron chi connectivity index (χ1n) is 10.00. The third-order valence-electron chi connectivity index (χ3n) is 5.38. The number of nitrogens with one attached hydrogen (secondary N) is 1. The summed E-state index contributed by atoms with van der Waals surface area (Å²) >= 11 is 0. The number of nitriles is 1. The van der Waals surface area contributed by atoms with Gasteiger partial charge in [0.1, 0.15) is 12.7 Å². The Labute approximate surface area is 179 Å². The maximum atomic E-state index is 11.7. The van der Waals surface area contributed by atoms with E-state index in [1.165, 1.54) is 4.68 Å². The molecule has 0 bridgehead atoms. The van der Waals surface area contributed by atoms with E-state index in [2.05, 4.69) is 26.5 Å². The van der Waals surface area contributed by atoms with Crippen LogP contribution in [0.5, 0.6) is 0 Å². The zero-order valence-electron chi connectivity index (χ0n) is 17.3. The van der Waals surface area contributed by atoms with Gasteiger partial charge in [0.15, 0.2) is 0 Å². The summed E-state index contributed by atoms with van der Waals surface area (Å²) in [5, 5.41) is 27.3. The molecule has 4 rings (SSSR count). The smallest absolute Gasteiger partial charge is 0.338 e. The summed E-state index contributed by atoms with van der Waals surface area (Å²) in [5.74, 6) is 0.0797. The van der Waals surface area contributed by atoms with E-state index < -0.39 is 6.10 Å². The van der Waals surface area contributed by atoms with Gasteiger partial charge >= 0.3 is 5.97 Å². The number of ether oxygens (including phenoxy) is 1. The number of hydrogen-bond donors (Lipinski definition) is 2. The zero-order chi connectivity index (χ0) is 22.0. The first kappa shape index (κ1) is 20.7. The number of cyclic esters (lactones) is 1. The maximum Gasteiger partial charge on any atom is 0.338 e. The van der Waals surface area contributed by atoms with Gasteiger partial charge in [-0.2, -0.15) is 10.4 Å². The zero-order valence-corrected chi connectivity index (χ0v) is 17.3. The lowest BCUT2D eigenvalue weighted by molar-refractivity contribution is 0.0535. The van der Waals surface area contributed by atoms with Gasteiger partial charge in [-0.25, -0.2) is 19.4 Å². The van der Waals surface area contributed by atoms with E-state index in [1.807, 2.05) is 13.8 Å². The van der Waals surface area contributed by atoms with Crippen molar-refractivity contribution in [2.24, 2.45) is 0 Å². The third kappa shape index (κ3) is 4.03. The van der Waals surface area contributed by atoms with Crippen LogP contribution in [0.25, 0.3) is 5.95 Å². The summed E-state index contributed by atoms with van der Waals surface area (Å²) in [6.45, 7) is 4.90. The van der Waals surface area contributed by atoms with E-state index in [4.69, 9.17) is 10.00 Å². The Morgan fingerprint density at radius 2 is 2.13 bits per heavy atom. The van der Waals surface area contributed by atoms with Gasteiger partial charge in [0.25, 0.3) is 0 Å². The summed E-state index contributed by atoms with van der Waals surface area (Å²) in [7, 11) is 0. The van der Waals surface area contributed by atoms with Crippen molar-refractivity contribution in [3.63, 3.8) is 0 Å². The van der Waals surface area contributed by atoms with Crippen molar-refractivity contribution in [3.8, 4) is 12.0 Å². The molecule has 1 aliphatic heterocycles. The van der Waals surface area contributed by atoms with Gasteiger partial charge in [-0.15, -0.1) is 0 Å². The molecular weight excluding hydrogens is 396 g/mol. The average molecular weight is 418 g/mol. The summed E-state index contributed by atoms with van der Waals surface area (Å²) in [6, 6.07) is 5.60. The number of aliphatic hydroxyl groups excluding tert-OH is 1. The molecule has 1 aromatic carbocycles. The second-order valence-corrected chi connectivity index (χ2v) is 7.32. The number of rotatable bonds is 7. The summed E-state index contributed by atoms with van der Waals surface area (Å²) in [6.07, 6.45) is 4.94. The fourth-order valence-corrected chi connectivity index (χ4v) is 3.62. The van der Waals surface area contributed by atoms with Crippen molar-refractivity contribution in [2.45, 2.75) is 39.5 Å². The lowest BCUT2D eigenvalue weighted by Gasteiger charge is -2.16. The SMILES string of the molecule is CCc1nn(-c2ncc(CNC[C@H](O)c3ccc4c(c3C)COC4=O)cn2)cc1C#N. The van der Waals surface area contributed by atoms with Crippen molar-refractivity contribution in [1.82, 2.24) is 25.1 Å². The number of esters is 1. The molecule has 1 atom stereocenters. The van der Waals surface area contributed by atoms with E-state index in [0.29, 0.717) is 42.3 Å². The minimum Gasteiger partial charge on any atom is -0.457 e. The van der Waals surface area contributed by atoms with Crippen LogP contribution in [-0.4, -0.2) is 37.4 Å². The second-order valence-electron chi connectivity index (χ2n) is 7.32. The molecule has 0 amide bonds. The summed E-state index contributed by atoms with van der Waals surface area (Å²) < 4.78 is 6.57. The van der Waals surface area contributed by atoms with Gasteiger partial charge < -0.3 is 15.2 Å². The van der Waals surface area contributed by atoms with Crippen LogP contribution in [0, 0.1) is 18.3 Å². The Morgan fingerprint density at radius 1 is 1.35 bits per heavy atom. The molecule has 9 heteroatoms. The van der Waals surface area contributed by atoms with Crippen LogP contribution in [0.15, 0.2) is 30.7 Å². The second kappa shape index (κ2) is 8.63. The number of aliphatic hydroxyl groups is 1. The number of aromatic nitrogens is 4. The Balaban J connectivity index is 1.37. The lowest BCUT2D eigenvalue weighted by Crippen LogP contribution is -2.22. The molecule has 0 unspecified atom stereocenters. The van der Waals surface area contributed by atoms with Gasteiger partial charge in [0.05, 0.1) is 29.1 Å². The third-order valence-corrected chi connectivity index (χ3v) is 5.38. The monoisotopic (exact) mass is 418 g/mol. The van der Waals surface area contributed by atoms with Crippen molar-refractivity contribution < 1.29 is 14.6 Å². The molecule has 3 aromatic rings. The van der Waals surface area contributed by atoms with Crippen molar-refractivity contribution >= 4 is 5.97 Å². The first-order chi connectivity index (χ1) is 15.0. The Bertz CT molecular complexity index is 1160. The van der Waals surface area contributed by atoms with Gasteiger partial charge in [-0.1, -0.05) is 13.0 Å². The fourth-order valence-electron chi connectivity index (χ4n) is 3.62. The number of aryl methyl sites for hydroxylation is 1.